The van der Waals surface area contributed by atoms with Crippen LogP contribution in [0.5, 0.6) is 0 Å². The van der Waals surface area contributed by atoms with Gasteiger partial charge < -0.3 is 5.32 Å². The molecule has 1 aliphatic carbocycles. The molecule has 0 amide bonds. The fourth-order valence-electron chi connectivity index (χ4n) is 3.03. The number of rotatable bonds is 6. The number of nitrogens with one attached hydrogen (secondary N) is 1. The first-order valence-corrected chi connectivity index (χ1v) is 9.00. The van der Waals surface area contributed by atoms with E-state index in [1.54, 1.807) is 0 Å². The van der Waals surface area contributed by atoms with E-state index in [9.17, 15) is 17.2 Å². The van der Waals surface area contributed by atoms with Gasteiger partial charge in [0.1, 0.15) is 16.5 Å². The molecule has 0 heterocycles. The minimum absolute atomic E-state index is 0.189. The van der Waals surface area contributed by atoms with E-state index >= 15 is 0 Å². The number of hydrogen-bond donors (Lipinski definition) is 1. The van der Waals surface area contributed by atoms with Crippen LogP contribution in [0.2, 0.25) is 0 Å². The Kier molecular flexibility index (Phi) is 5.32. The monoisotopic (exact) mass is 317 g/mol. The van der Waals surface area contributed by atoms with Crippen LogP contribution in [0.4, 0.5) is 8.78 Å². The predicted octanol–water partition coefficient (Wildman–Crippen LogP) is 2.91. The predicted molar refractivity (Wildman–Crippen MR) is 77.8 cm³/mol. The lowest BCUT2D eigenvalue weighted by Crippen LogP contribution is -2.41. The highest BCUT2D eigenvalue weighted by Gasteiger charge is 2.31. The third kappa shape index (κ3) is 4.01. The molecule has 1 aromatic rings. The molecule has 3 nitrogen and oxygen atoms in total. The van der Waals surface area contributed by atoms with Crippen LogP contribution < -0.4 is 5.32 Å². The molecule has 1 N–H and O–H groups in total. The van der Waals surface area contributed by atoms with Crippen LogP contribution in [0.25, 0.3) is 0 Å². The van der Waals surface area contributed by atoms with Crippen molar-refractivity contribution in [3.63, 3.8) is 0 Å². The Hall–Kier alpha value is -1.01. The van der Waals surface area contributed by atoms with Crippen molar-refractivity contribution in [3.8, 4) is 0 Å². The SMILES string of the molecule is CCNC(CS(=O)(=O)c1cc(F)ccc1F)C1CCCC1. The molecule has 2 rings (SSSR count). The lowest BCUT2D eigenvalue weighted by atomic mass is 10.00. The number of sulfone groups is 1. The maximum atomic E-state index is 13.7. The molecule has 0 aromatic heterocycles. The van der Waals surface area contributed by atoms with Gasteiger partial charge in [0.15, 0.2) is 9.84 Å². The minimum atomic E-state index is -3.85. The molecule has 1 saturated carbocycles. The molecule has 0 spiro atoms. The highest BCUT2D eigenvalue weighted by Crippen LogP contribution is 2.29. The molecule has 6 heteroatoms. The smallest absolute Gasteiger partial charge is 0.182 e. The average Bonchev–Trinajstić information content (AvgIpc) is 2.95. The van der Waals surface area contributed by atoms with Crippen molar-refractivity contribution in [1.29, 1.82) is 0 Å². The van der Waals surface area contributed by atoms with E-state index < -0.39 is 26.4 Å². The van der Waals surface area contributed by atoms with Gasteiger partial charge in [-0.1, -0.05) is 19.8 Å². The fourth-order valence-corrected chi connectivity index (χ4v) is 4.72. The van der Waals surface area contributed by atoms with Gasteiger partial charge in [0.05, 0.1) is 5.75 Å². The standard InChI is InChI=1S/C15H21F2NO2S/c1-2-18-14(11-5-3-4-6-11)10-21(19,20)15-9-12(16)7-8-13(15)17/h7-9,11,14,18H,2-6,10H2,1H3. The summed E-state index contributed by atoms with van der Waals surface area (Å²) in [5.41, 5.74) is 0. The summed E-state index contributed by atoms with van der Waals surface area (Å²) in [7, 11) is -3.85. The molecule has 0 aliphatic heterocycles. The van der Waals surface area contributed by atoms with Gasteiger partial charge in [0, 0.05) is 6.04 Å². The lowest BCUT2D eigenvalue weighted by Gasteiger charge is -2.24. The zero-order chi connectivity index (χ0) is 15.5. The Bertz CT molecular complexity index is 583. The summed E-state index contributed by atoms with van der Waals surface area (Å²) in [5.74, 6) is -1.53. The van der Waals surface area contributed by atoms with Crippen LogP contribution in [0, 0.1) is 17.6 Å². The highest BCUT2D eigenvalue weighted by molar-refractivity contribution is 7.91. The first-order chi connectivity index (χ1) is 9.94. The maximum absolute atomic E-state index is 13.7. The van der Waals surface area contributed by atoms with Gasteiger partial charge >= 0.3 is 0 Å². The summed E-state index contributed by atoms with van der Waals surface area (Å²) in [4.78, 5) is -0.539. The second kappa shape index (κ2) is 6.83. The second-order valence-corrected chi connectivity index (χ2v) is 7.57. The molecule has 0 saturated heterocycles. The van der Waals surface area contributed by atoms with E-state index in [1.165, 1.54) is 0 Å². The Balaban J connectivity index is 2.23. The van der Waals surface area contributed by atoms with Crippen LogP contribution in [0.15, 0.2) is 23.1 Å². The normalized spacial score (nSPS) is 18.0. The van der Waals surface area contributed by atoms with Gasteiger partial charge in [-0.05, 0) is 43.5 Å². The van der Waals surface area contributed by atoms with Gasteiger partial charge in [-0.3, -0.25) is 0 Å². The largest absolute Gasteiger partial charge is 0.313 e. The summed E-state index contributed by atoms with van der Waals surface area (Å²) < 4.78 is 51.7. The minimum Gasteiger partial charge on any atom is -0.313 e. The van der Waals surface area contributed by atoms with Gasteiger partial charge in [-0.25, -0.2) is 17.2 Å². The van der Waals surface area contributed by atoms with Crippen LogP contribution in [-0.4, -0.2) is 26.8 Å². The number of halogens is 2. The van der Waals surface area contributed by atoms with E-state index in [-0.39, 0.29) is 17.7 Å². The Labute approximate surface area is 124 Å². The summed E-state index contributed by atoms with van der Waals surface area (Å²) in [5, 5.41) is 3.19. The molecule has 21 heavy (non-hydrogen) atoms. The molecule has 1 fully saturated rings. The van der Waals surface area contributed by atoms with E-state index in [4.69, 9.17) is 0 Å². The zero-order valence-electron chi connectivity index (χ0n) is 12.1. The Morgan fingerprint density at radius 3 is 2.57 bits per heavy atom. The summed E-state index contributed by atoms with van der Waals surface area (Å²) >= 11 is 0. The van der Waals surface area contributed by atoms with Crippen molar-refractivity contribution in [2.45, 2.75) is 43.5 Å². The second-order valence-electron chi connectivity index (χ2n) is 5.56. The highest BCUT2D eigenvalue weighted by atomic mass is 32.2. The number of benzene rings is 1. The molecule has 1 unspecified atom stereocenters. The Morgan fingerprint density at radius 2 is 1.95 bits per heavy atom. The van der Waals surface area contributed by atoms with Crippen molar-refractivity contribution in [3.05, 3.63) is 29.8 Å². The number of hydrogen-bond acceptors (Lipinski definition) is 3. The molecule has 0 bridgehead atoms. The van der Waals surface area contributed by atoms with E-state index in [1.807, 2.05) is 6.92 Å². The van der Waals surface area contributed by atoms with Crippen molar-refractivity contribution in [2.24, 2.45) is 5.92 Å². The van der Waals surface area contributed by atoms with Gasteiger partial charge in [0.2, 0.25) is 0 Å². The van der Waals surface area contributed by atoms with Crippen molar-refractivity contribution < 1.29 is 17.2 Å². The van der Waals surface area contributed by atoms with Crippen molar-refractivity contribution in [2.75, 3.05) is 12.3 Å². The summed E-state index contributed by atoms with van der Waals surface area (Å²) in [6, 6.07) is 2.35. The van der Waals surface area contributed by atoms with Crippen LogP contribution in [-0.2, 0) is 9.84 Å². The maximum Gasteiger partial charge on any atom is 0.182 e. The Morgan fingerprint density at radius 1 is 1.29 bits per heavy atom. The van der Waals surface area contributed by atoms with E-state index in [2.05, 4.69) is 5.32 Å². The van der Waals surface area contributed by atoms with Crippen molar-refractivity contribution >= 4 is 9.84 Å². The van der Waals surface area contributed by atoms with E-state index in [0.717, 1.165) is 43.9 Å². The topological polar surface area (TPSA) is 46.2 Å². The first kappa shape index (κ1) is 16.4. The summed E-state index contributed by atoms with van der Waals surface area (Å²) in [6.45, 7) is 2.57. The lowest BCUT2D eigenvalue weighted by molar-refractivity contribution is 0.388. The molecular formula is C15H21F2NO2S. The third-order valence-electron chi connectivity index (χ3n) is 4.06. The summed E-state index contributed by atoms with van der Waals surface area (Å²) in [6.07, 6.45) is 4.17. The van der Waals surface area contributed by atoms with Crippen LogP contribution >= 0.6 is 0 Å². The quantitative estimate of drug-likeness (QED) is 0.877. The molecule has 1 atom stereocenters. The molecule has 118 valence electrons. The first-order valence-electron chi connectivity index (χ1n) is 7.35. The zero-order valence-corrected chi connectivity index (χ0v) is 12.9. The average molecular weight is 317 g/mol. The van der Waals surface area contributed by atoms with Crippen LogP contribution in [0.1, 0.15) is 32.6 Å². The molecule has 1 aliphatic rings. The van der Waals surface area contributed by atoms with E-state index in [0.29, 0.717) is 6.54 Å². The fraction of sp³-hybridized carbons (Fsp3) is 0.600. The molecule has 0 radical (unpaired) electrons. The molecule has 1 aromatic carbocycles. The van der Waals surface area contributed by atoms with Crippen molar-refractivity contribution in [1.82, 2.24) is 5.32 Å². The third-order valence-corrected chi connectivity index (χ3v) is 5.84. The van der Waals surface area contributed by atoms with Gasteiger partial charge in [-0.2, -0.15) is 0 Å². The van der Waals surface area contributed by atoms with Gasteiger partial charge in [0.25, 0.3) is 0 Å². The van der Waals surface area contributed by atoms with Gasteiger partial charge in [-0.15, -0.1) is 0 Å². The molecular weight excluding hydrogens is 296 g/mol. The van der Waals surface area contributed by atoms with Crippen LogP contribution in [0.3, 0.4) is 0 Å².